The molecule has 0 saturated heterocycles. The van der Waals surface area contributed by atoms with Gasteiger partial charge in [-0.1, -0.05) is 0 Å². The molecule has 0 aromatic heterocycles. The van der Waals surface area contributed by atoms with Gasteiger partial charge in [0.2, 0.25) is 0 Å². The molecule has 0 fully saturated rings. The first-order valence-corrected chi connectivity index (χ1v) is 4.54. The Morgan fingerprint density at radius 3 is 3.10 bits per heavy atom. The van der Waals surface area contributed by atoms with E-state index in [2.05, 4.69) is 4.97 Å². The van der Waals surface area contributed by atoms with Gasteiger partial charge in [-0.25, -0.2) is 0 Å². The molecule has 1 radical (unpaired) electrons. The van der Waals surface area contributed by atoms with Gasteiger partial charge in [0, 0.05) is 0 Å². The molecule has 2 heteroatoms. The van der Waals surface area contributed by atoms with Gasteiger partial charge in [-0.05, 0) is 0 Å². The molecule has 0 amide bonds. The summed E-state index contributed by atoms with van der Waals surface area (Å²) in [6.07, 6.45) is 1.98. The Morgan fingerprint density at radius 1 is 1.30 bits per heavy atom. The van der Waals surface area contributed by atoms with E-state index in [1.165, 1.54) is 0 Å². The van der Waals surface area contributed by atoms with Crippen molar-refractivity contribution in [1.29, 1.82) is 0 Å². The molecular weight excluding hydrogens is 191 g/mol. The van der Waals surface area contributed by atoms with Gasteiger partial charge in [0.15, 0.2) is 0 Å². The summed E-state index contributed by atoms with van der Waals surface area (Å²) in [6.45, 7) is 0. The van der Waals surface area contributed by atoms with Crippen LogP contribution in [0, 0.1) is 4.97 Å². The van der Waals surface area contributed by atoms with Gasteiger partial charge in [0.25, 0.3) is 0 Å². The molecule has 2 rings (SSSR count). The standard InChI is InChI=1S/C8H5OSe/c1-2-4-8-7(3-1)5-6-10-9-8/h1-5H. The summed E-state index contributed by atoms with van der Waals surface area (Å²) in [5.41, 5.74) is 1.13. The molecule has 1 aromatic rings. The third kappa shape index (κ3) is 0.961. The molecule has 1 heterocycles. The first-order chi connectivity index (χ1) is 4.97. The third-order valence-corrected chi connectivity index (χ3v) is 2.31. The predicted octanol–water partition coefficient (Wildman–Crippen LogP) is 1.47. The van der Waals surface area contributed by atoms with E-state index in [-0.39, 0.29) is 15.3 Å². The second kappa shape index (κ2) is 2.49. The van der Waals surface area contributed by atoms with Crippen molar-refractivity contribution in [3.8, 4) is 5.75 Å². The summed E-state index contributed by atoms with van der Waals surface area (Å²) >= 11 is 0.0916. The fraction of sp³-hybridized carbons (Fsp3) is 0. The summed E-state index contributed by atoms with van der Waals surface area (Å²) in [7, 11) is 0. The van der Waals surface area contributed by atoms with Crippen LogP contribution in [-0.4, -0.2) is 15.3 Å². The molecule has 1 nitrogen and oxygen atoms in total. The Labute approximate surface area is 66.2 Å². The van der Waals surface area contributed by atoms with Gasteiger partial charge in [-0.2, -0.15) is 0 Å². The van der Waals surface area contributed by atoms with Crippen LogP contribution in [0.5, 0.6) is 5.75 Å². The van der Waals surface area contributed by atoms with Crippen LogP contribution in [-0.2, 0) is 0 Å². The van der Waals surface area contributed by atoms with Gasteiger partial charge in [0.05, 0.1) is 0 Å². The average Bonchev–Trinajstić information content (AvgIpc) is 2.05. The topological polar surface area (TPSA) is 9.23 Å². The zero-order valence-electron chi connectivity index (χ0n) is 5.20. The fourth-order valence-electron chi connectivity index (χ4n) is 0.832. The first kappa shape index (κ1) is 6.02. The molecule has 1 aliphatic heterocycles. The SMILES string of the molecule is [C]1=Cc2ccccc2O[Se]1. The summed E-state index contributed by atoms with van der Waals surface area (Å²) in [6, 6.07) is 7.98. The number of para-hydroxylation sites is 1. The third-order valence-electron chi connectivity index (χ3n) is 1.31. The summed E-state index contributed by atoms with van der Waals surface area (Å²) in [4.78, 5) is 3.06. The molecule has 1 aromatic carbocycles. The first-order valence-electron chi connectivity index (χ1n) is 2.98. The molecule has 0 N–H and O–H groups in total. The van der Waals surface area contributed by atoms with E-state index >= 15 is 0 Å². The van der Waals surface area contributed by atoms with Crippen molar-refractivity contribution < 1.29 is 3.82 Å². The van der Waals surface area contributed by atoms with E-state index in [9.17, 15) is 0 Å². The van der Waals surface area contributed by atoms with E-state index in [4.69, 9.17) is 3.82 Å². The van der Waals surface area contributed by atoms with Crippen LogP contribution in [0.4, 0.5) is 0 Å². The van der Waals surface area contributed by atoms with Crippen molar-refractivity contribution in [2.75, 3.05) is 0 Å². The Balaban J connectivity index is 2.54. The second-order valence-corrected chi connectivity index (χ2v) is 3.16. The van der Waals surface area contributed by atoms with Crippen molar-refractivity contribution in [3.63, 3.8) is 0 Å². The van der Waals surface area contributed by atoms with Crippen LogP contribution in [0.3, 0.4) is 0 Å². The molecule has 1 aliphatic rings. The van der Waals surface area contributed by atoms with Crippen molar-refractivity contribution in [2.24, 2.45) is 0 Å². The Kier molecular flexibility index (Phi) is 1.50. The summed E-state index contributed by atoms with van der Waals surface area (Å²) < 4.78 is 5.34. The predicted molar refractivity (Wildman–Crippen MR) is 40.5 cm³/mol. The number of fused-ring (bicyclic) bond motifs is 1. The number of hydrogen-bond acceptors (Lipinski definition) is 1. The van der Waals surface area contributed by atoms with Crippen molar-refractivity contribution in [1.82, 2.24) is 0 Å². The van der Waals surface area contributed by atoms with Crippen LogP contribution in [0.15, 0.2) is 24.3 Å². The number of hydrogen-bond donors (Lipinski definition) is 0. The Bertz CT molecular complexity index is 268. The van der Waals surface area contributed by atoms with Crippen molar-refractivity contribution >= 4 is 21.4 Å². The maximum absolute atomic E-state index is 5.34. The minimum atomic E-state index is 0.0916. The quantitative estimate of drug-likeness (QED) is 0.571. The van der Waals surface area contributed by atoms with Crippen LogP contribution in [0.1, 0.15) is 5.56 Å². The Morgan fingerprint density at radius 2 is 2.20 bits per heavy atom. The molecule has 49 valence electrons. The maximum atomic E-state index is 5.34. The normalized spacial score (nSPS) is 14.0. The van der Waals surface area contributed by atoms with E-state index in [0.29, 0.717) is 0 Å². The molecule has 0 aliphatic carbocycles. The minimum absolute atomic E-state index is 0.0916. The van der Waals surface area contributed by atoms with Crippen LogP contribution < -0.4 is 3.82 Å². The van der Waals surface area contributed by atoms with Gasteiger partial charge < -0.3 is 0 Å². The van der Waals surface area contributed by atoms with Crippen LogP contribution in [0.2, 0.25) is 0 Å². The zero-order chi connectivity index (χ0) is 6.81. The Hall–Kier alpha value is -0.721. The molecule has 0 unspecified atom stereocenters. The van der Waals surface area contributed by atoms with Crippen molar-refractivity contribution in [3.05, 3.63) is 34.8 Å². The summed E-state index contributed by atoms with van der Waals surface area (Å²) in [5.74, 6) is 0.987. The number of rotatable bonds is 0. The number of benzene rings is 1. The van der Waals surface area contributed by atoms with E-state index in [1.54, 1.807) is 0 Å². The molecular formula is C8H5OSe. The molecule has 10 heavy (non-hydrogen) atoms. The van der Waals surface area contributed by atoms with Gasteiger partial charge in [-0.15, -0.1) is 0 Å². The molecule has 0 spiro atoms. The molecule has 0 bridgehead atoms. The second-order valence-electron chi connectivity index (χ2n) is 1.97. The van der Waals surface area contributed by atoms with Gasteiger partial charge >= 0.3 is 65.7 Å². The zero-order valence-corrected chi connectivity index (χ0v) is 6.92. The average molecular weight is 196 g/mol. The fourth-order valence-corrected chi connectivity index (χ4v) is 1.81. The van der Waals surface area contributed by atoms with E-state index < -0.39 is 0 Å². The van der Waals surface area contributed by atoms with Crippen LogP contribution in [0.25, 0.3) is 6.08 Å². The molecule has 0 saturated carbocycles. The summed E-state index contributed by atoms with van der Waals surface area (Å²) in [5, 5.41) is 0. The van der Waals surface area contributed by atoms with E-state index in [0.717, 1.165) is 11.3 Å². The van der Waals surface area contributed by atoms with Crippen molar-refractivity contribution in [2.45, 2.75) is 0 Å². The monoisotopic (exact) mass is 197 g/mol. The van der Waals surface area contributed by atoms with E-state index in [1.807, 2.05) is 30.3 Å². The van der Waals surface area contributed by atoms with Crippen LogP contribution >= 0.6 is 0 Å². The molecule has 0 atom stereocenters. The van der Waals surface area contributed by atoms with Gasteiger partial charge in [0.1, 0.15) is 0 Å². The van der Waals surface area contributed by atoms with Gasteiger partial charge in [-0.3, -0.25) is 0 Å².